The molecule has 7 nitrogen and oxygen atoms in total. The molecule has 0 aliphatic carbocycles. The van der Waals surface area contributed by atoms with Crippen molar-refractivity contribution in [3.05, 3.63) is 51.8 Å². The Morgan fingerprint density at radius 2 is 1.82 bits per heavy atom. The average molecular weight is 408 g/mol. The van der Waals surface area contributed by atoms with Gasteiger partial charge in [0.15, 0.2) is 12.4 Å². The zero-order valence-electron chi connectivity index (χ0n) is 16.2. The van der Waals surface area contributed by atoms with Crippen LogP contribution in [0, 0.1) is 13.8 Å². The van der Waals surface area contributed by atoms with Crippen molar-refractivity contribution >= 4 is 29.3 Å². The number of hydrogen-bond acceptors (Lipinski definition) is 6. The van der Waals surface area contributed by atoms with Gasteiger partial charge in [-0.3, -0.25) is 9.59 Å². The first-order valence-electron chi connectivity index (χ1n) is 8.64. The molecule has 0 amide bonds. The zero-order chi connectivity index (χ0) is 20.8. The lowest BCUT2D eigenvalue weighted by Gasteiger charge is -2.10. The molecule has 1 aromatic carbocycles. The predicted molar refractivity (Wildman–Crippen MR) is 103 cm³/mol. The van der Waals surface area contributed by atoms with Crippen molar-refractivity contribution in [1.82, 2.24) is 4.57 Å². The normalized spacial score (nSPS) is 10.5. The molecule has 0 bridgehead atoms. The van der Waals surface area contributed by atoms with Gasteiger partial charge in [-0.15, -0.1) is 0 Å². The van der Waals surface area contributed by atoms with Gasteiger partial charge in [0, 0.05) is 17.0 Å². The standard InChI is InChI=1S/C20H22ClNO6/c1-5-27-20(25)15-8-12(2)22(13(15)3)10-19(24)28-11-17(23)14-6-7-18(26-4)16(21)9-14/h6-9H,5,10-11H2,1-4H3. The summed E-state index contributed by atoms with van der Waals surface area (Å²) in [5.74, 6) is -0.968. The van der Waals surface area contributed by atoms with Crippen LogP contribution < -0.4 is 4.74 Å². The monoisotopic (exact) mass is 407 g/mol. The molecular weight excluding hydrogens is 386 g/mol. The number of aryl methyl sites for hydroxylation is 1. The molecule has 0 fully saturated rings. The fourth-order valence-electron chi connectivity index (χ4n) is 2.70. The van der Waals surface area contributed by atoms with E-state index in [0.29, 0.717) is 33.3 Å². The maximum atomic E-state index is 12.2. The van der Waals surface area contributed by atoms with Crippen LogP contribution in [0.1, 0.15) is 39.0 Å². The Morgan fingerprint density at radius 1 is 1.11 bits per heavy atom. The summed E-state index contributed by atoms with van der Waals surface area (Å²) in [6, 6.07) is 6.24. The number of carbonyl (C=O) groups is 3. The highest BCUT2D eigenvalue weighted by Gasteiger charge is 2.19. The van der Waals surface area contributed by atoms with Gasteiger partial charge in [-0.05, 0) is 45.0 Å². The number of Topliss-reactive ketones (excluding diaryl/α,β-unsaturated/α-hetero) is 1. The lowest BCUT2D eigenvalue weighted by molar-refractivity contribution is -0.143. The van der Waals surface area contributed by atoms with Crippen LogP contribution in [0.4, 0.5) is 0 Å². The number of nitrogens with zero attached hydrogens (tertiary/aromatic N) is 1. The minimum Gasteiger partial charge on any atom is -0.495 e. The van der Waals surface area contributed by atoms with Crippen LogP contribution in [0.5, 0.6) is 5.75 Å². The molecule has 0 N–H and O–H groups in total. The first kappa shape index (κ1) is 21.5. The van der Waals surface area contributed by atoms with Crippen molar-refractivity contribution in [2.45, 2.75) is 27.3 Å². The van der Waals surface area contributed by atoms with E-state index in [9.17, 15) is 14.4 Å². The third kappa shape index (κ3) is 4.92. The number of benzene rings is 1. The number of ketones is 1. The number of ether oxygens (including phenoxy) is 3. The number of methoxy groups -OCH3 is 1. The fourth-order valence-corrected chi connectivity index (χ4v) is 2.96. The van der Waals surface area contributed by atoms with Crippen molar-refractivity contribution in [3.8, 4) is 5.75 Å². The minimum absolute atomic E-state index is 0.117. The Hall–Kier alpha value is -2.80. The van der Waals surface area contributed by atoms with Crippen LogP contribution in [0.15, 0.2) is 24.3 Å². The third-order valence-corrected chi connectivity index (χ3v) is 4.49. The van der Waals surface area contributed by atoms with Crippen molar-refractivity contribution in [2.75, 3.05) is 20.3 Å². The molecule has 0 saturated carbocycles. The fraction of sp³-hybridized carbons (Fsp3) is 0.350. The van der Waals surface area contributed by atoms with Gasteiger partial charge in [-0.25, -0.2) is 4.79 Å². The van der Waals surface area contributed by atoms with Crippen LogP contribution in [-0.2, 0) is 20.8 Å². The van der Waals surface area contributed by atoms with E-state index < -0.39 is 18.5 Å². The van der Waals surface area contributed by atoms with Gasteiger partial charge in [-0.2, -0.15) is 0 Å². The summed E-state index contributed by atoms with van der Waals surface area (Å²) in [6.45, 7) is 4.95. The van der Waals surface area contributed by atoms with Crippen molar-refractivity contribution < 1.29 is 28.6 Å². The van der Waals surface area contributed by atoms with Gasteiger partial charge >= 0.3 is 11.9 Å². The van der Waals surface area contributed by atoms with Crippen LogP contribution in [0.3, 0.4) is 0 Å². The van der Waals surface area contributed by atoms with E-state index in [1.807, 2.05) is 0 Å². The molecule has 2 rings (SSSR count). The number of esters is 2. The van der Waals surface area contributed by atoms with E-state index in [-0.39, 0.29) is 18.9 Å². The van der Waals surface area contributed by atoms with Gasteiger partial charge in [0.1, 0.15) is 12.3 Å². The SMILES string of the molecule is CCOC(=O)c1cc(C)n(CC(=O)OCC(=O)c2ccc(OC)c(Cl)c2)c1C. The molecule has 0 radical (unpaired) electrons. The van der Waals surface area contributed by atoms with Gasteiger partial charge in [0.05, 0.1) is 24.3 Å². The molecule has 0 unspecified atom stereocenters. The van der Waals surface area contributed by atoms with E-state index in [0.717, 1.165) is 0 Å². The summed E-state index contributed by atoms with van der Waals surface area (Å²) in [6.07, 6.45) is 0. The molecule has 2 aromatic rings. The summed E-state index contributed by atoms with van der Waals surface area (Å²) in [7, 11) is 1.48. The summed E-state index contributed by atoms with van der Waals surface area (Å²) in [4.78, 5) is 36.3. The molecule has 0 aliphatic rings. The molecule has 150 valence electrons. The van der Waals surface area contributed by atoms with E-state index in [2.05, 4.69) is 0 Å². The highest BCUT2D eigenvalue weighted by Crippen LogP contribution is 2.25. The molecule has 0 atom stereocenters. The summed E-state index contributed by atoms with van der Waals surface area (Å²) in [5, 5.41) is 0.296. The number of carbonyl (C=O) groups excluding carboxylic acids is 3. The van der Waals surface area contributed by atoms with E-state index >= 15 is 0 Å². The first-order valence-corrected chi connectivity index (χ1v) is 9.02. The molecule has 0 spiro atoms. The lowest BCUT2D eigenvalue weighted by atomic mass is 10.1. The summed E-state index contributed by atoms with van der Waals surface area (Å²) < 4.78 is 16.8. The number of rotatable bonds is 8. The van der Waals surface area contributed by atoms with E-state index in [4.69, 9.17) is 25.8 Å². The second-order valence-corrected chi connectivity index (χ2v) is 6.43. The number of hydrogen-bond donors (Lipinski definition) is 0. The lowest BCUT2D eigenvalue weighted by Crippen LogP contribution is -2.20. The largest absolute Gasteiger partial charge is 0.495 e. The molecule has 0 aliphatic heterocycles. The third-order valence-electron chi connectivity index (χ3n) is 4.19. The summed E-state index contributed by atoms with van der Waals surface area (Å²) in [5.41, 5.74) is 2.03. The van der Waals surface area contributed by atoms with Crippen molar-refractivity contribution in [3.63, 3.8) is 0 Å². The smallest absolute Gasteiger partial charge is 0.339 e. The number of aromatic nitrogens is 1. The highest BCUT2D eigenvalue weighted by molar-refractivity contribution is 6.32. The van der Waals surface area contributed by atoms with Gasteiger partial charge in [0.25, 0.3) is 0 Å². The molecule has 1 aromatic heterocycles. The second kappa shape index (κ2) is 9.41. The van der Waals surface area contributed by atoms with Crippen LogP contribution in [0.2, 0.25) is 5.02 Å². The topological polar surface area (TPSA) is 83.8 Å². The van der Waals surface area contributed by atoms with Crippen LogP contribution >= 0.6 is 11.6 Å². The molecule has 0 saturated heterocycles. The predicted octanol–water partition coefficient (Wildman–Crippen LogP) is 3.37. The van der Waals surface area contributed by atoms with E-state index in [1.54, 1.807) is 43.5 Å². The van der Waals surface area contributed by atoms with Gasteiger partial charge in [0.2, 0.25) is 0 Å². The Kier molecular flexibility index (Phi) is 7.23. The van der Waals surface area contributed by atoms with Crippen LogP contribution in [-0.4, -0.2) is 42.6 Å². The Bertz CT molecular complexity index is 902. The van der Waals surface area contributed by atoms with Crippen molar-refractivity contribution in [1.29, 1.82) is 0 Å². The maximum Gasteiger partial charge on any atom is 0.339 e. The number of halogens is 1. The molecule has 1 heterocycles. The minimum atomic E-state index is -0.592. The van der Waals surface area contributed by atoms with Crippen molar-refractivity contribution in [2.24, 2.45) is 0 Å². The Labute approximate surface area is 168 Å². The maximum absolute atomic E-state index is 12.2. The molecular formula is C20H22ClNO6. The Balaban J connectivity index is 2.00. The van der Waals surface area contributed by atoms with Gasteiger partial charge < -0.3 is 18.8 Å². The second-order valence-electron chi connectivity index (χ2n) is 6.02. The molecule has 8 heteroatoms. The first-order chi connectivity index (χ1) is 13.3. The van der Waals surface area contributed by atoms with Crippen LogP contribution in [0.25, 0.3) is 0 Å². The quantitative estimate of drug-likeness (QED) is 0.492. The highest BCUT2D eigenvalue weighted by atomic mass is 35.5. The van der Waals surface area contributed by atoms with Gasteiger partial charge in [-0.1, -0.05) is 11.6 Å². The zero-order valence-corrected chi connectivity index (χ0v) is 17.0. The summed E-state index contributed by atoms with van der Waals surface area (Å²) >= 11 is 6.00. The van der Waals surface area contributed by atoms with E-state index in [1.165, 1.54) is 13.2 Å². The average Bonchev–Trinajstić information content (AvgIpc) is 2.94. The molecule has 28 heavy (non-hydrogen) atoms. The Morgan fingerprint density at radius 3 is 2.43 bits per heavy atom.